The number of hydrogen-bond donors (Lipinski definition) is 2. The lowest BCUT2D eigenvalue weighted by atomic mass is 10.9. The Balaban J connectivity index is 3.06. The third kappa shape index (κ3) is 3.76. The summed E-state index contributed by atoms with van der Waals surface area (Å²) in [6.07, 6.45) is -0.683. The van der Waals surface area contributed by atoms with Crippen molar-refractivity contribution in [2.45, 2.75) is 6.92 Å². The van der Waals surface area contributed by atoms with Gasteiger partial charge in [-0.05, 0) is 6.92 Å². The molecule has 0 atom stereocenters. The molecule has 0 bridgehead atoms. The molecule has 48 valence electrons. The zero-order valence-electron chi connectivity index (χ0n) is 5.34. The third-order valence-corrected chi connectivity index (χ3v) is 0.484. The molecule has 0 aromatic heterocycles. The summed E-state index contributed by atoms with van der Waals surface area (Å²) in [4.78, 5) is 10.2. The van der Waals surface area contributed by atoms with E-state index in [4.69, 9.17) is 1.12 Å². The molecule has 0 heterocycles. The van der Waals surface area contributed by atoms with Crippen molar-refractivity contribution in [1.82, 2.24) is 5.48 Å². The number of carbonyl (C=O) groups excluding carboxylic acids is 1. The zero-order chi connectivity index (χ0) is 7.11. The van der Waals surface area contributed by atoms with E-state index < -0.39 is 6.09 Å². The Morgan fingerprint density at radius 1 is 2.12 bits per heavy atom. The SMILES string of the molecule is [3H]SONC(=O)OCC. The van der Waals surface area contributed by atoms with E-state index in [-0.39, 0.29) is 6.61 Å². The maximum Gasteiger partial charge on any atom is 0.432 e. The van der Waals surface area contributed by atoms with Gasteiger partial charge in [0.15, 0.2) is 0 Å². The minimum Gasteiger partial charge on any atom is -0.448 e. The van der Waals surface area contributed by atoms with Crippen LogP contribution >= 0.6 is 12.8 Å². The second-order valence-corrected chi connectivity index (χ2v) is 1.07. The highest BCUT2D eigenvalue weighted by Crippen LogP contribution is 1.76. The summed E-state index contributed by atoms with van der Waals surface area (Å²) in [5, 5.41) is 0. The smallest absolute Gasteiger partial charge is 0.432 e. The van der Waals surface area contributed by atoms with Crippen molar-refractivity contribution in [2.75, 3.05) is 6.61 Å². The minimum absolute atomic E-state index is 0.290. The monoisotopic (exact) mass is 139 g/mol. The maximum absolute atomic E-state index is 10.2. The summed E-state index contributed by atoms with van der Waals surface area (Å²) in [6, 6.07) is 0. The first-order valence-corrected chi connectivity index (χ1v) is 2.36. The van der Waals surface area contributed by atoms with Crippen molar-refractivity contribution in [2.24, 2.45) is 0 Å². The van der Waals surface area contributed by atoms with Crippen LogP contribution in [-0.2, 0) is 9.02 Å². The minimum atomic E-state index is -0.683. The Morgan fingerprint density at radius 3 is 3.38 bits per heavy atom. The zero-order valence-corrected chi connectivity index (χ0v) is 5.16. The number of rotatable bonds is 3. The van der Waals surface area contributed by atoms with E-state index in [2.05, 4.69) is 9.02 Å². The number of thiol groups is 1. The summed E-state index contributed by atoms with van der Waals surface area (Å²) < 4.78 is 14.8. The lowest BCUT2D eigenvalue weighted by molar-refractivity contribution is 0.115. The summed E-state index contributed by atoms with van der Waals surface area (Å²) in [5.41, 5.74) is 1.85. The van der Waals surface area contributed by atoms with Crippen molar-refractivity contribution >= 4 is 18.9 Å². The van der Waals surface area contributed by atoms with E-state index in [0.29, 0.717) is 12.8 Å². The van der Waals surface area contributed by atoms with E-state index in [1.165, 1.54) is 0 Å². The molecule has 0 radical (unpaired) electrons. The molecule has 0 aliphatic heterocycles. The highest BCUT2D eigenvalue weighted by molar-refractivity contribution is 7.75. The highest BCUT2D eigenvalue weighted by atomic mass is 32.1. The molecule has 0 unspecified atom stereocenters. The predicted molar refractivity (Wildman–Crippen MR) is 30.2 cm³/mol. The number of ether oxygens (including phenoxy) is 1. The van der Waals surface area contributed by atoms with Gasteiger partial charge in [0, 0.05) is 12.8 Å². The van der Waals surface area contributed by atoms with Crippen molar-refractivity contribution in [3.05, 3.63) is 0 Å². The summed E-state index contributed by atoms with van der Waals surface area (Å²) in [7, 11) is 0. The van der Waals surface area contributed by atoms with Gasteiger partial charge in [0.1, 0.15) is 1.12 Å². The summed E-state index contributed by atoms with van der Waals surface area (Å²) >= 11 is 0.294. The van der Waals surface area contributed by atoms with Crippen molar-refractivity contribution in [3.8, 4) is 0 Å². The second kappa shape index (κ2) is 4.73. The molecule has 0 saturated carbocycles. The van der Waals surface area contributed by atoms with Crippen LogP contribution in [0.3, 0.4) is 0 Å². The Kier molecular flexibility index (Phi) is 3.38. The van der Waals surface area contributed by atoms with E-state index >= 15 is 0 Å². The van der Waals surface area contributed by atoms with Crippen molar-refractivity contribution in [1.29, 1.82) is 1.12 Å². The van der Waals surface area contributed by atoms with Gasteiger partial charge in [-0.3, -0.25) is 0 Å². The van der Waals surface area contributed by atoms with Crippen LogP contribution in [0.4, 0.5) is 4.79 Å². The van der Waals surface area contributed by atoms with Crippen LogP contribution in [-0.4, -0.2) is 13.8 Å². The van der Waals surface area contributed by atoms with Gasteiger partial charge in [-0.1, -0.05) is 0 Å². The van der Waals surface area contributed by atoms with Crippen LogP contribution in [0.25, 0.3) is 0 Å². The Bertz CT molecular complexity index is 91.1. The van der Waals surface area contributed by atoms with Crippen molar-refractivity contribution in [3.63, 3.8) is 0 Å². The van der Waals surface area contributed by atoms with Crippen LogP contribution < -0.4 is 5.48 Å². The lowest BCUT2D eigenvalue weighted by Crippen LogP contribution is -2.20. The highest BCUT2D eigenvalue weighted by Gasteiger charge is 1.94. The number of hydrogen-bond acceptors (Lipinski definition) is 4. The van der Waals surface area contributed by atoms with E-state index in [1.54, 1.807) is 6.92 Å². The van der Waals surface area contributed by atoms with Gasteiger partial charge < -0.3 is 4.74 Å². The Morgan fingerprint density at radius 2 is 2.88 bits per heavy atom. The normalized spacial score (nSPS) is 9.88. The molecule has 1 amide bonds. The van der Waals surface area contributed by atoms with Crippen LogP contribution in [0, 0.1) is 0 Å². The molecule has 4 nitrogen and oxygen atoms in total. The molecule has 0 aliphatic rings. The molecular weight excluding hydrogens is 130 g/mol. The van der Waals surface area contributed by atoms with Gasteiger partial charge in [-0.2, -0.15) is 5.48 Å². The van der Waals surface area contributed by atoms with Crippen LogP contribution in [0.2, 0.25) is 0 Å². The summed E-state index contributed by atoms with van der Waals surface area (Å²) in [6.45, 7) is 1.96. The van der Waals surface area contributed by atoms with Gasteiger partial charge in [0.2, 0.25) is 0 Å². The number of carbonyl (C=O) groups is 1. The number of nitrogens with one attached hydrogen (secondary N) is 1. The van der Waals surface area contributed by atoms with Crippen molar-refractivity contribution < 1.29 is 13.8 Å². The quantitative estimate of drug-likeness (QED) is 0.340. The van der Waals surface area contributed by atoms with Crippen LogP contribution in [0.1, 0.15) is 6.92 Å². The van der Waals surface area contributed by atoms with Gasteiger partial charge in [-0.25, -0.2) is 9.08 Å². The van der Waals surface area contributed by atoms with E-state index in [1.807, 2.05) is 5.48 Å². The first-order valence-electron chi connectivity index (χ1n) is 2.43. The van der Waals surface area contributed by atoms with Gasteiger partial charge in [0.05, 0.1) is 6.61 Å². The van der Waals surface area contributed by atoms with Crippen LogP contribution in [0.5, 0.6) is 0 Å². The molecule has 8 heavy (non-hydrogen) atoms. The molecular formula is C3H7NO3S. The maximum atomic E-state index is 10.2. The average molecular weight is 139 g/mol. The fraction of sp³-hybridized carbons (Fsp3) is 0.667. The first kappa shape index (κ1) is 5.71. The topological polar surface area (TPSA) is 47.6 Å². The average Bonchev–Trinajstić information content (AvgIpc) is 1.85. The van der Waals surface area contributed by atoms with E-state index in [0.717, 1.165) is 0 Å². The molecule has 0 aromatic carbocycles. The van der Waals surface area contributed by atoms with Gasteiger partial charge in [0.25, 0.3) is 0 Å². The summed E-state index contributed by atoms with van der Waals surface area (Å²) in [5.74, 6) is 0. The molecule has 5 heteroatoms. The van der Waals surface area contributed by atoms with Crippen LogP contribution in [0.15, 0.2) is 0 Å². The Hall–Kier alpha value is -0.420. The third-order valence-electron chi connectivity index (χ3n) is 0.400. The predicted octanol–water partition coefficient (Wildman–Crippen LogP) is 0.509. The second-order valence-electron chi connectivity index (χ2n) is 0.906. The van der Waals surface area contributed by atoms with E-state index in [9.17, 15) is 4.79 Å². The molecule has 0 aromatic rings. The molecule has 0 fully saturated rings. The molecule has 0 spiro atoms. The van der Waals surface area contributed by atoms with Gasteiger partial charge in [-0.15, -0.1) is 0 Å². The fourth-order valence-corrected chi connectivity index (χ4v) is 0.263. The Labute approximate surface area is 53.8 Å². The first-order chi connectivity index (χ1) is 4.31. The molecule has 0 saturated heterocycles. The molecule has 0 rings (SSSR count). The lowest BCUT2D eigenvalue weighted by Gasteiger charge is -1.98. The molecule has 0 aliphatic carbocycles. The fourth-order valence-electron chi connectivity index (χ4n) is 0.195. The largest absolute Gasteiger partial charge is 0.448 e. The number of hydroxylamine groups is 1. The van der Waals surface area contributed by atoms with Gasteiger partial charge >= 0.3 is 6.09 Å². The number of amides is 1. The standard InChI is InChI=1S/C3H7NO3S/c1-2-6-3(5)4-7-8/h8H,2H2,1H3,(H,4,5)/i/hT. The molecule has 1 N–H and O–H groups in total.